The highest BCUT2D eigenvalue weighted by Crippen LogP contribution is 2.28. The van der Waals surface area contributed by atoms with Gasteiger partial charge in [-0.2, -0.15) is 0 Å². The van der Waals surface area contributed by atoms with Crippen LogP contribution in [-0.2, 0) is 11.3 Å². The van der Waals surface area contributed by atoms with Crippen LogP contribution in [0.2, 0.25) is 0 Å². The second-order valence-electron chi connectivity index (χ2n) is 5.24. The molecule has 1 aromatic heterocycles. The van der Waals surface area contributed by atoms with Crippen molar-refractivity contribution in [3.63, 3.8) is 0 Å². The molecule has 0 atom stereocenters. The van der Waals surface area contributed by atoms with E-state index in [0.29, 0.717) is 9.24 Å². The first-order valence-corrected chi connectivity index (χ1v) is 8.00. The third kappa shape index (κ3) is 3.13. The fourth-order valence-electron chi connectivity index (χ4n) is 2.23. The molecule has 1 aliphatic rings. The number of nitrogens with zero attached hydrogens (tertiary/aromatic N) is 1. The average Bonchev–Trinajstić information content (AvgIpc) is 3.17. The SMILES string of the molecule is Fc1cc2[nH]c(=S)n(CCCOCC3CC3)c2cc1Br. The fraction of sp³-hybridized carbons (Fsp3) is 0.500. The summed E-state index contributed by atoms with van der Waals surface area (Å²) in [5.41, 5.74) is 1.65. The summed E-state index contributed by atoms with van der Waals surface area (Å²) < 4.78 is 22.2. The van der Waals surface area contributed by atoms with Gasteiger partial charge < -0.3 is 14.3 Å². The van der Waals surface area contributed by atoms with Crippen molar-refractivity contribution in [3.05, 3.63) is 27.2 Å². The Labute approximate surface area is 130 Å². The summed E-state index contributed by atoms with van der Waals surface area (Å²) in [5.74, 6) is 0.512. The first-order chi connectivity index (χ1) is 9.65. The van der Waals surface area contributed by atoms with Gasteiger partial charge in [0.2, 0.25) is 0 Å². The predicted octanol–water partition coefficient (Wildman–Crippen LogP) is 4.42. The van der Waals surface area contributed by atoms with Crippen molar-refractivity contribution in [2.75, 3.05) is 13.2 Å². The molecule has 1 aromatic carbocycles. The molecule has 0 bridgehead atoms. The van der Waals surface area contributed by atoms with Crippen molar-refractivity contribution in [1.82, 2.24) is 9.55 Å². The van der Waals surface area contributed by atoms with Gasteiger partial charge in [-0.15, -0.1) is 0 Å². The standard InChI is InChI=1S/C14H16BrFN2OS/c15-10-6-13-12(7-11(10)16)17-14(20)18(13)4-1-5-19-8-9-2-3-9/h6-7,9H,1-5,8H2,(H,17,20). The molecule has 0 spiro atoms. The third-order valence-electron chi connectivity index (χ3n) is 3.54. The second kappa shape index (κ2) is 5.95. The maximum absolute atomic E-state index is 13.5. The smallest absolute Gasteiger partial charge is 0.178 e. The highest BCUT2D eigenvalue weighted by molar-refractivity contribution is 9.10. The van der Waals surface area contributed by atoms with Crippen LogP contribution in [0.3, 0.4) is 0 Å². The van der Waals surface area contributed by atoms with Crippen molar-refractivity contribution in [3.8, 4) is 0 Å². The van der Waals surface area contributed by atoms with Gasteiger partial charge >= 0.3 is 0 Å². The summed E-state index contributed by atoms with van der Waals surface area (Å²) >= 11 is 8.51. The van der Waals surface area contributed by atoms with E-state index in [4.69, 9.17) is 17.0 Å². The summed E-state index contributed by atoms with van der Waals surface area (Å²) in [6.07, 6.45) is 3.53. The molecule has 108 valence electrons. The van der Waals surface area contributed by atoms with Crippen LogP contribution in [0.1, 0.15) is 19.3 Å². The third-order valence-corrected chi connectivity index (χ3v) is 4.47. The number of fused-ring (bicyclic) bond motifs is 1. The van der Waals surface area contributed by atoms with E-state index in [9.17, 15) is 4.39 Å². The van der Waals surface area contributed by atoms with Crippen LogP contribution >= 0.6 is 28.1 Å². The van der Waals surface area contributed by atoms with Gasteiger partial charge in [0.05, 0.1) is 15.5 Å². The van der Waals surface area contributed by atoms with E-state index in [0.717, 1.165) is 43.1 Å². The lowest BCUT2D eigenvalue weighted by atomic mass is 10.3. The molecule has 3 rings (SSSR count). The first kappa shape index (κ1) is 14.2. The van der Waals surface area contributed by atoms with Gasteiger partial charge in [0.15, 0.2) is 4.77 Å². The van der Waals surface area contributed by atoms with E-state index in [-0.39, 0.29) is 5.82 Å². The molecule has 0 unspecified atom stereocenters. The minimum Gasteiger partial charge on any atom is -0.381 e. The topological polar surface area (TPSA) is 29.9 Å². The van der Waals surface area contributed by atoms with E-state index in [1.165, 1.54) is 18.9 Å². The minimum atomic E-state index is -0.284. The lowest BCUT2D eigenvalue weighted by Gasteiger charge is -2.06. The number of hydrogen-bond donors (Lipinski definition) is 1. The molecular weight excluding hydrogens is 343 g/mol. The monoisotopic (exact) mass is 358 g/mol. The number of aromatic nitrogens is 2. The van der Waals surface area contributed by atoms with E-state index in [1.54, 1.807) is 6.07 Å². The Balaban J connectivity index is 1.68. The summed E-state index contributed by atoms with van der Waals surface area (Å²) in [4.78, 5) is 3.04. The number of hydrogen-bond acceptors (Lipinski definition) is 2. The van der Waals surface area contributed by atoms with Crippen LogP contribution < -0.4 is 0 Å². The highest BCUT2D eigenvalue weighted by Gasteiger charge is 2.20. The van der Waals surface area contributed by atoms with Crippen molar-refractivity contribution in [2.24, 2.45) is 5.92 Å². The molecule has 0 radical (unpaired) electrons. The zero-order valence-corrected chi connectivity index (χ0v) is 13.4. The molecule has 2 aromatic rings. The van der Waals surface area contributed by atoms with Gasteiger partial charge in [0.1, 0.15) is 5.82 Å². The van der Waals surface area contributed by atoms with Crippen LogP contribution in [0.15, 0.2) is 16.6 Å². The van der Waals surface area contributed by atoms with Gasteiger partial charge in [0, 0.05) is 25.8 Å². The Morgan fingerprint density at radius 3 is 3.00 bits per heavy atom. The van der Waals surface area contributed by atoms with Crippen LogP contribution in [0.25, 0.3) is 11.0 Å². The van der Waals surface area contributed by atoms with Crippen molar-refractivity contribution >= 4 is 39.2 Å². The van der Waals surface area contributed by atoms with Gasteiger partial charge in [-0.1, -0.05) is 0 Å². The largest absolute Gasteiger partial charge is 0.381 e. The summed E-state index contributed by atoms with van der Waals surface area (Å²) in [6, 6.07) is 3.23. The Hall–Kier alpha value is -0.720. The lowest BCUT2D eigenvalue weighted by Crippen LogP contribution is -2.04. The van der Waals surface area contributed by atoms with Gasteiger partial charge in [-0.05, 0) is 59.4 Å². The van der Waals surface area contributed by atoms with Crippen molar-refractivity contribution in [2.45, 2.75) is 25.8 Å². The molecule has 0 aliphatic heterocycles. The number of rotatable bonds is 6. The predicted molar refractivity (Wildman–Crippen MR) is 82.9 cm³/mol. The Kier molecular flexibility index (Phi) is 4.23. The number of nitrogens with one attached hydrogen (secondary N) is 1. The number of aryl methyl sites for hydroxylation is 1. The number of benzene rings is 1. The summed E-state index contributed by atoms with van der Waals surface area (Å²) in [5, 5.41) is 0. The van der Waals surface area contributed by atoms with Crippen molar-refractivity contribution in [1.29, 1.82) is 0 Å². The molecule has 1 saturated carbocycles. The zero-order chi connectivity index (χ0) is 14.1. The Bertz CT molecular complexity index is 678. The molecule has 6 heteroatoms. The van der Waals surface area contributed by atoms with Crippen molar-refractivity contribution < 1.29 is 9.13 Å². The molecule has 1 heterocycles. The average molecular weight is 359 g/mol. The van der Waals surface area contributed by atoms with Gasteiger partial charge in [0.25, 0.3) is 0 Å². The summed E-state index contributed by atoms with van der Waals surface area (Å²) in [7, 11) is 0. The minimum absolute atomic E-state index is 0.284. The Morgan fingerprint density at radius 2 is 2.25 bits per heavy atom. The van der Waals surface area contributed by atoms with Crippen LogP contribution in [0.4, 0.5) is 4.39 Å². The Morgan fingerprint density at radius 1 is 1.45 bits per heavy atom. The maximum Gasteiger partial charge on any atom is 0.178 e. The van der Waals surface area contributed by atoms with Crippen LogP contribution in [0.5, 0.6) is 0 Å². The second-order valence-corrected chi connectivity index (χ2v) is 6.48. The molecule has 20 heavy (non-hydrogen) atoms. The molecule has 1 aliphatic carbocycles. The number of imidazole rings is 1. The number of aromatic amines is 1. The van der Waals surface area contributed by atoms with E-state index in [2.05, 4.69) is 20.9 Å². The number of H-pyrrole nitrogens is 1. The first-order valence-electron chi connectivity index (χ1n) is 6.80. The van der Waals surface area contributed by atoms with E-state index in [1.807, 2.05) is 4.57 Å². The fourth-order valence-corrected chi connectivity index (χ4v) is 2.86. The number of halogens is 2. The highest BCUT2D eigenvalue weighted by atomic mass is 79.9. The molecular formula is C14H16BrFN2OS. The van der Waals surface area contributed by atoms with Gasteiger partial charge in [-0.25, -0.2) is 4.39 Å². The van der Waals surface area contributed by atoms with E-state index >= 15 is 0 Å². The quantitative estimate of drug-likeness (QED) is 0.611. The van der Waals surface area contributed by atoms with Crippen LogP contribution in [0, 0.1) is 16.5 Å². The lowest BCUT2D eigenvalue weighted by molar-refractivity contribution is 0.119. The molecule has 1 fully saturated rings. The summed E-state index contributed by atoms with van der Waals surface area (Å²) in [6.45, 7) is 2.41. The van der Waals surface area contributed by atoms with Crippen LogP contribution in [-0.4, -0.2) is 22.8 Å². The molecule has 0 saturated heterocycles. The van der Waals surface area contributed by atoms with Gasteiger partial charge in [-0.3, -0.25) is 0 Å². The zero-order valence-electron chi connectivity index (χ0n) is 11.0. The molecule has 1 N–H and O–H groups in total. The number of ether oxygens (including phenoxy) is 1. The molecule has 3 nitrogen and oxygen atoms in total. The maximum atomic E-state index is 13.5. The normalized spacial score (nSPS) is 15.1. The molecule has 0 amide bonds. The van der Waals surface area contributed by atoms with E-state index < -0.39 is 0 Å².